The molecule has 0 bridgehead atoms. The van der Waals surface area contributed by atoms with Gasteiger partial charge in [-0.3, -0.25) is 4.57 Å². The van der Waals surface area contributed by atoms with Crippen molar-refractivity contribution in [1.82, 2.24) is 0 Å². The van der Waals surface area contributed by atoms with E-state index in [4.69, 9.17) is 5.11 Å². The molecule has 0 aromatic heterocycles. The molecule has 0 unspecified atom stereocenters. The number of hydrogen-bond acceptors (Lipinski definition) is 4. The number of aliphatic hydroxyl groups is 1. The van der Waals surface area contributed by atoms with Crippen LogP contribution in [0.2, 0.25) is 0 Å². The third-order valence-corrected chi connectivity index (χ3v) is 1.40. The first kappa shape index (κ1) is 8.11. The van der Waals surface area contributed by atoms with Gasteiger partial charge in [-0.15, -0.1) is 0 Å². The molecule has 1 rings (SSSR count). The van der Waals surface area contributed by atoms with E-state index in [-0.39, 0.29) is 0 Å². The first-order chi connectivity index (χ1) is 3.89. The second kappa shape index (κ2) is 5.25. The van der Waals surface area contributed by atoms with E-state index in [1.165, 1.54) is 0 Å². The van der Waals surface area contributed by atoms with Crippen LogP contribution in [-0.2, 0) is 13.6 Å². The van der Waals surface area contributed by atoms with Crippen LogP contribution in [0.3, 0.4) is 0 Å². The molecular weight excluding hydrogens is 131 g/mol. The number of aliphatic hydroxyl groups excluding tert-OH is 1. The molecule has 4 nitrogen and oxygen atoms in total. The second-order valence-corrected chi connectivity index (χ2v) is 2.02. The molecule has 1 aliphatic rings. The van der Waals surface area contributed by atoms with E-state index in [0.29, 0.717) is 13.2 Å². The van der Waals surface area contributed by atoms with Gasteiger partial charge < -0.3 is 14.2 Å². The molecule has 1 aliphatic heterocycles. The molecule has 1 saturated heterocycles. The summed E-state index contributed by atoms with van der Waals surface area (Å²) in [5.41, 5.74) is 0. The van der Waals surface area contributed by atoms with Crippen LogP contribution in [0.4, 0.5) is 0 Å². The smallest absolute Gasteiger partial charge is 0.319 e. The predicted octanol–water partition coefficient (Wildman–Crippen LogP) is 0.0314. The molecule has 1 N–H and O–H groups in total. The topological polar surface area (TPSA) is 55.8 Å². The quantitative estimate of drug-likeness (QED) is 0.482. The Labute approximate surface area is 48.4 Å². The Kier molecular flexibility index (Phi) is 5.32. The van der Waals surface area contributed by atoms with Crippen LogP contribution < -0.4 is 0 Å². The summed E-state index contributed by atoms with van der Waals surface area (Å²) >= 11 is 0. The molecule has 5 heteroatoms. The maximum atomic E-state index is 9.98. The summed E-state index contributed by atoms with van der Waals surface area (Å²) in [6, 6.07) is 0. The number of hydrogen-bond donors (Lipinski definition) is 1. The monoisotopic (exact) mass is 140 g/mol. The van der Waals surface area contributed by atoms with Crippen LogP contribution >= 0.6 is 8.25 Å². The lowest BCUT2D eigenvalue weighted by Crippen LogP contribution is -1.79. The fraction of sp³-hybridized carbons (Fsp3) is 1.00. The van der Waals surface area contributed by atoms with Gasteiger partial charge in [-0.1, -0.05) is 0 Å². The van der Waals surface area contributed by atoms with Crippen LogP contribution in [0.1, 0.15) is 0 Å². The fourth-order valence-electron chi connectivity index (χ4n) is 0.292. The highest BCUT2D eigenvalue weighted by molar-refractivity contribution is 7.33. The van der Waals surface area contributed by atoms with Crippen LogP contribution in [0.15, 0.2) is 0 Å². The minimum absolute atomic E-state index is 0.498. The summed E-state index contributed by atoms with van der Waals surface area (Å²) in [5, 5.41) is 7.00. The Morgan fingerprint density at radius 1 is 1.38 bits per heavy atom. The van der Waals surface area contributed by atoms with E-state index in [1.54, 1.807) is 0 Å². The zero-order valence-corrected chi connectivity index (χ0v) is 5.59. The third-order valence-electron chi connectivity index (χ3n) is 0.523. The zero-order valence-electron chi connectivity index (χ0n) is 4.59. The van der Waals surface area contributed by atoms with Gasteiger partial charge in [0.15, 0.2) is 0 Å². The molecule has 0 spiro atoms. The summed E-state index contributed by atoms with van der Waals surface area (Å²) < 4.78 is 18.9. The molecule has 0 aromatic carbocycles. The van der Waals surface area contributed by atoms with Gasteiger partial charge in [0.1, 0.15) is 0 Å². The maximum absolute atomic E-state index is 9.98. The molecule has 50 valence electrons. The van der Waals surface area contributed by atoms with Crippen molar-refractivity contribution in [2.24, 2.45) is 0 Å². The lowest BCUT2D eigenvalue weighted by molar-refractivity contribution is 0.365. The predicted molar refractivity (Wildman–Crippen MR) is 29.0 cm³/mol. The van der Waals surface area contributed by atoms with Crippen molar-refractivity contribution in [2.45, 2.75) is 0 Å². The zero-order chi connectivity index (χ0) is 6.41. The van der Waals surface area contributed by atoms with Crippen molar-refractivity contribution in [2.75, 3.05) is 20.3 Å². The van der Waals surface area contributed by atoms with Gasteiger partial charge in [0.2, 0.25) is 0 Å². The molecule has 0 aromatic rings. The standard InChI is InChI=1S/C2H5O3P.CH4O/c3-6-4-1-2-5-6;1-2/h6H,1-2H2;2H,1H3. The minimum Gasteiger partial charge on any atom is -0.400 e. The summed E-state index contributed by atoms with van der Waals surface area (Å²) in [5.74, 6) is 0. The summed E-state index contributed by atoms with van der Waals surface area (Å²) in [6.07, 6.45) is 0. The summed E-state index contributed by atoms with van der Waals surface area (Å²) in [4.78, 5) is 0. The van der Waals surface area contributed by atoms with Gasteiger partial charge in [-0.05, 0) is 0 Å². The lowest BCUT2D eigenvalue weighted by atomic mass is 10.8. The fourth-order valence-corrected chi connectivity index (χ4v) is 0.875. The first-order valence-electron chi connectivity index (χ1n) is 2.14. The molecule has 0 radical (unpaired) electrons. The van der Waals surface area contributed by atoms with Crippen molar-refractivity contribution in [3.05, 3.63) is 0 Å². The van der Waals surface area contributed by atoms with Gasteiger partial charge in [-0.25, -0.2) is 0 Å². The van der Waals surface area contributed by atoms with Crippen molar-refractivity contribution in [3.8, 4) is 0 Å². The van der Waals surface area contributed by atoms with Crippen LogP contribution in [-0.4, -0.2) is 25.4 Å². The Hall–Kier alpha value is 0.110. The highest BCUT2D eigenvalue weighted by Crippen LogP contribution is 2.27. The average Bonchev–Trinajstić information content (AvgIpc) is 2.24. The van der Waals surface area contributed by atoms with Crippen molar-refractivity contribution >= 4 is 8.25 Å². The van der Waals surface area contributed by atoms with E-state index in [9.17, 15) is 4.57 Å². The summed E-state index contributed by atoms with van der Waals surface area (Å²) in [6.45, 7) is 0.996. The molecule has 0 amide bonds. The van der Waals surface area contributed by atoms with E-state index in [0.717, 1.165) is 7.11 Å². The highest BCUT2D eigenvalue weighted by atomic mass is 31.1. The van der Waals surface area contributed by atoms with Gasteiger partial charge in [0.25, 0.3) is 0 Å². The van der Waals surface area contributed by atoms with E-state index in [2.05, 4.69) is 9.05 Å². The van der Waals surface area contributed by atoms with Crippen molar-refractivity contribution in [3.63, 3.8) is 0 Å². The SMILES string of the molecule is CO.O=[PH]1OCCO1. The van der Waals surface area contributed by atoms with Crippen LogP contribution in [0, 0.1) is 0 Å². The molecule has 1 heterocycles. The normalized spacial score (nSPS) is 19.8. The Morgan fingerprint density at radius 3 is 1.88 bits per heavy atom. The van der Waals surface area contributed by atoms with Crippen LogP contribution in [0.5, 0.6) is 0 Å². The van der Waals surface area contributed by atoms with E-state index >= 15 is 0 Å². The highest BCUT2D eigenvalue weighted by Gasteiger charge is 2.05. The molecule has 8 heavy (non-hydrogen) atoms. The molecule has 0 aliphatic carbocycles. The first-order valence-corrected chi connectivity index (χ1v) is 3.36. The molecular formula is C3H9O4P. The van der Waals surface area contributed by atoms with Gasteiger partial charge in [-0.2, -0.15) is 0 Å². The molecule has 0 saturated carbocycles. The average molecular weight is 140 g/mol. The largest absolute Gasteiger partial charge is 0.400 e. The van der Waals surface area contributed by atoms with Crippen LogP contribution in [0.25, 0.3) is 0 Å². The second-order valence-electron chi connectivity index (χ2n) is 0.947. The summed E-state index contributed by atoms with van der Waals surface area (Å²) in [7, 11) is -1.01. The van der Waals surface area contributed by atoms with E-state index < -0.39 is 8.25 Å². The van der Waals surface area contributed by atoms with Gasteiger partial charge in [0, 0.05) is 7.11 Å². The van der Waals surface area contributed by atoms with Gasteiger partial charge >= 0.3 is 8.25 Å². The number of rotatable bonds is 0. The molecule has 0 atom stereocenters. The lowest BCUT2D eigenvalue weighted by Gasteiger charge is -1.78. The Balaban J connectivity index is 0.000000222. The third kappa shape index (κ3) is 3.16. The van der Waals surface area contributed by atoms with Crippen molar-refractivity contribution in [1.29, 1.82) is 0 Å². The molecule has 1 fully saturated rings. The maximum Gasteiger partial charge on any atom is 0.319 e. The van der Waals surface area contributed by atoms with Gasteiger partial charge in [0.05, 0.1) is 13.2 Å². The Morgan fingerprint density at radius 2 is 1.75 bits per heavy atom. The Bertz CT molecular complexity index is 65.7. The van der Waals surface area contributed by atoms with Crippen molar-refractivity contribution < 1.29 is 18.7 Å². The minimum atomic E-state index is -2.01. The van der Waals surface area contributed by atoms with E-state index in [1.807, 2.05) is 0 Å².